The van der Waals surface area contributed by atoms with Gasteiger partial charge in [-0.15, -0.1) is 0 Å². The van der Waals surface area contributed by atoms with Crippen LogP contribution in [0.15, 0.2) is 45.4 Å². The van der Waals surface area contributed by atoms with Crippen molar-refractivity contribution in [2.45, 2.75) is 31.2 Å². The zero-order valence-electron chi connectivity index (χ0n) is 17.3. The van der Waals surface area contributed by atoms with Crippen molar-refractivity contribution in [3.8, 4) is 0 Å². The lowest BCUT2D eigenvalue weighted by molar-refractivity contribution is -0.137. The third-order valence-electron chi connectivity index (χ3n) is 6.68. The molecule has 1 aliphatic carbocycles. The number of hydrogen-bond acceptors (Lipinski definition) is 9. The SMILES string of the molecule is CO[C@@]12[C@H](COC(N)=O)C3=C(C(=O)C(C)=C(NCCc4ccco4)C3=O)N1C[C@@H]1N[C@@H]12. The first-order valence-corrected chi connectivity index (χ1v) is 10.2. The Labute approximate surface area is 178 Å². The molecule has 2 saturated heterocycles. The molecule has 0 spiro atoms. The number of furan rings is 1. The van der Waals surface area contributed by atoms with Crippen molar-refractivity contribution in [3.63, 3.8) is 0 Å². The van der Waals surface area contributed by atoms with Crippen LogP contribution in [0.25, 0.3) is 0 Å². The van der Waals surface area contributed by atoms with E-state index in [0.717, 1.165) is 5.76 Å². The van der Waals surface area contributed by atoms with E-state index in [1.54, 1.807) is 26.4 Å². The van der Waals surface area contributed by atoms with Gasteiger partial charge in [-0.1, -0.05) is 0 Å². The van der Waals surface area contributed by atoms with Gasteiger partial charge >= 0.3 is 6.09 Å². The summed E-state index contributed by atoms with van der Waals surface area (Å²) in [6.45, 7) is 2.46. The number of Topliss-reactive ketones (excluding diaryl/α,β-unsaturated/α-hetero) is 2. The number of nitrogens with one attached hydrogen (secondary N) is 2. The summed E-state index contributed by atoms with van der Waals surface area (Å²) in [5.74, 6) is -0.373. The number of ether oxygens (including phenoxy) is 2. The van der Waals surface area contributed by atoms with E-state index in [4.69, 9.17) is 19.6 Å². The molecule has 4 aliphatic rings. The number of amides is 1. The van der Waals surface area contributed by atoms with E-state index in [-0.39, 0.29) is 36.0 Å². The summed E-state index contributed by atoms with van der Waals surface area (Å²) in [5.41, 5.74) is 5.50. The molecular weight excluding hydrogens is 404 g/mol. The minimum atomic E-state index is -0.972. The number of nitrogens with two attached hydrogens (primary N) is 1. The summed E-state index contributed by atoms with van der Waals surface area (Å²) in [5, 5.41) is 6.45. The molecule has 2 fully saturated rings. The van der Waals surface area contributed by atoms with Crippen molar-refractivity contribution in [2.75, 3.05) is 26.8 Å². The molecule has 164 valence electrons. The number of methoxy groups -OCH3 is 1. The fourth-order valence-corrected chi connectivity index (χ4v) is 5.27. The monoisotopic (exact) mass is 428 g/mol. The molecule has 0 aromatic carbocycles. The van der Waals surface area contributed by atoms with E-state index in [9.17, 15) is 14.4 Å². The Morgan fingerprint density at radius 1 is 1.42 bits per heavy atom. The first-order chi connectivity index (χ1) is 14.9. The van der Waals surface area contributed by atoms with Crippen LogP contribution in [0.3, 0.4) is 0 Å². The minimum Gasteiger partial charge on any atom is -0.469 e. The number of hydrogen-bond donors (Lipinski definition) is 3. The highest BCUT2D eigenvalue weighted by Crippen LogP contribution is 2.55. The summed E-state index contributed by atoms with van der Waals surface area (Å²) >= 11 is 0. The Morgan fingerprint density at radius 2 is 2.23 bits per heavy atom. The zero-order chi connectivity index (χ0) is 21.9. The third-order valence-corrected chi connectivity index (χ3v) is 6.68. The van der Waals surface area contributed by atoms with Crippen LogP contribution in [-0.4, -0.2) is 67.2 Å². The molecule has 1 aromatic rings. The van der Waals surface area contributed by atoms with E-state index >= 15 is 0 Å². The quantitative estimate of drug-likeness (QED) is 0.397. The first kappa shape index (κ1) is 19.8. The molecule has 0 bridgehead atoms. The van der Waals surface area contributed by atoms with Gasteiger partial charge in [-0.05, 0) is 19.1 Å². The second-order valence-corrected chi connectivity index (χ2v) is 8.18. The fraction of sp³-hybridized carbons (Fsp3) is 0.476. The average molecular weight is 428 g/mol. The highest BCUT2D eigenvalue weighted by molar-refractivity contribution is 6.25. The standard InChI is InChI=1S/C21H24N4O6/c1-10-15(23-6-5-11-4-3-7-30-11)18(27)14-12(9-31-20(22)28)21(29-2)19-13(24-19)8-25(21)16(14)17(10)26/h3-4,7,12-13,19,23-24H,5-6,8-9H2,1-2H3,(H2,22,28)/t12-,13+,19+,21-/m1/s1. The Balaban J connectivity index is 1.47. The molecule has 10 heteroatoms. The molecule has 4 atom stereocenters. The van der Waals surface area contributed by atoms with Crippen molar-refractivity contribution in [1.29, 1.82) is 0 Å². The number of piperazine rings is 1. The number of nitrogens with zero attached hydrogens (tertiary/aromatic N) is 1. The Morgan fingerprint density at radius 3 is 2.90 bits per heavy atom. The number of allylic oxidation sites excluding steroid dienone is 2. The van der Waals surface area contributed by atoms with Gasteiger partial charge in [0.25, 0.3) is 0 Å². The summed E-state index contributed by atoms with van der Waals surface area (Å²) in [6.07, 6.45) is 1.21. The van der Waals surface area contributed by atoms with Crippen molar-refractivity contribution in [1.82, 2.24) is 15.5 Å². The number of rotatable bonds is 7. The van der Waals surface area contributed by atoms with E-state index < -0.39 is 17.7 Å². The van der Waals surface area contributed by atoms with Gasteiger partial charge in [0.2, 0.25) is 11.6 Å². The smallest absolute Gasteiger partial charge is 0.404 e. The number of primary amides is 1. The molecule has 4 heterocycles. The zero-order valence-corrected chi connectivity index (χ0v) is 17.3. The van der Waals surface area contributed by atoms with Crippen LogP contribution in [-0.2, 0) is 25.5 Å². The molecule has 4 N–H and O–H groups in total. The maximum Gasteiger partial charge on any atom is 0.404 e. The second kappa shape index (κ2) is 6.96. The molecule has 1 amide bonds. The lowest BCUT2D eigenvalue weighted by atomic mass is 9.82. The lowest BCUT2D eigenvalue weighted by Crippen LogP contribution is -2.55. The van der Waals surface area contributed by atoms with Crippen LogP contribution in [0.2, 0.25) is 0 Å². The second-order valence-electron chi connectivity index (χ2n) is 8.18. The van der Waals surface area contributed by atoms with Crippen LogP contribution < -0.4 is 16.4 Å². The predicted octanol–water partition coefficient (Wildman–Crippen LogP) is -0.185. The normalized spacial score (nSPS) is 31.0. The predicted molar refractivity (Wildman–Crippen MR) is 106 cm³/mol. The Hall–Kier alpha value is -3.11. The van der Waals surface area contributed by atoms with E-state index in [1.165, 1.54) is 0 Å². The minimum absolute atomic E-state index is 0.0687. The van der Waals surface area contributed by atoms with Crippen LogP contribution in [0.4, 0.5) is 4.79 Å². The number of carbonyl (C=O) groups is 3. The van der Waals surface area contributed by atoms with E-state index in [0.29, 0.717) is 36.4 Å². The van der Waals surface area contributed by atoms with Gasteiger partial charge in [0.05, 0.1) is 29.6 Å². The van der Waals surface area contributed by atoms with E-state index in [1.807, 2.05) is 11.0 Å². The molecule has 10 nitrogen and oxygen atoms in total. The maximum absolute atomic E-state index is 13.6. The molecule has 0 saturated carbocycles. The van der Waals surface area contributed by atoms with Gasteiger partial charge in [0.1, 0.15) is 12.4 Å². The molecule has 1 aromatic heterocycles. The Kier molecular flexibility index (Phi) is 4.45. The van der Waals surface area contributed by atoms with Crippen LogP contribution in [0.1, 0.15) is 12.7 Å². The molecular formula is C21H24N4O6. The topological polar surface area (TPSA) is 146 Å². The van der Waals surface area contributed by atoms with Gasteiger partial charge < -0.3 is 35.2 Å². The maximum atomic E-state index is 13.6. The van der Waals surface area contributed by atoms with Gasteiger partial charge in [0, 0.05) is 43.8 Å². The van der Waals surface area contributed by atoms with Gasteiger partial charge in [0.15, 0.2) is 5.72 Å². The highest BCUT2D eigenvalue weighted by Gasteiger charge is 2.72. The van der Waals surface area contributed by atoms with Gasteiger partial charge in [-0.3, -0.25) is 9.59 Å². The largest absolute Gasteiger partial charge is 0.469 e. The molecule has 31 heavy (non-hydrogen) atoms. The van der Waals surface area contributed by atoms with Crippen LogP contribution >= 0.6 is 0 Å². The number of fused-ring (bicyclic) bond motifs is 4. The summed E-state index contributed by atoms with van der Waals surface area (Å²) in [7, 11) is 1.54. The summed E-state index contributed by atoms with van der Waals surface area (Å²) < 4.78 is 16.4. The van der Waals surface area contributed by atoms with E-state index in [2.05, 4.69) is 10.6 Å². The number of carbonyl (C=O) groups excluding carboxylic acids is 3. The molecule has 3 aliphatic heterocycles. The summed E-state index contributed by atoms with van der Waals surface area (Å²) in [4.78, 5) is 40.2. The van der Waals surface area contributed by atoms with Crippen LogP contribution in [0.5, 0.6) is 0 Å². The third kappa shape index (κ3) is 2.75. The first-order valence-electron chi connectivity index (χ1n) is 10.2. The summed E-state index contributed by atoms with van der Waals surface area (Å²) in [6, 6.07) is 3.73. The van der Waals surface area contributed by atoms with Gasteiger partial charge in [-0.2, -0.15) is 0 Å². The van der Waals surface area contributed by atoms with Crippen molar-refractivity contribution >= 4 is 17.7 Å². The van der Waals surface area contributed by atoms with Crippen molar-refractivity contribution < 1.29 is 28.3 Å². The van der Waals surface area contributed by atoms with Crippen LogP contribution in [0, 0.1) is 5.92 Å². The fourth-order valence-electron chi connectivity index (χ4n) is 5.27. The average Bonchev–Trinajstić information content (AvgIpc) is 3.11. The molecule has 0 radical (unpaired) electrons. The Bertz CT molecular complexity index is 1030. The molecule has 5 rings (SSSR count). The van der Waals surface area contributed by atoms with Crippen molar-refractivity contribution in [2.24, 2.45) is 11.7 Å². The van der Waals surface area contributed by atoms with Gasteiger partial charge in [-0.25, -0.2) is 4.79 Å². The number of ketones is 2. The lowest BCUT2D eigenvalue weighted by Gasteiger charge is -2.39. The highest BCUT2D eigenvalue weighted by atomic mass is 16.6. The van der Waals surface area contributed by atoms with Crippen molar-refractivity contribution in [3.05, 3.63) is 46.7 Å². The molecule has 0 unspecified atom stereocenters.